The molecule has 4 nitrogen and oxygen atoms in total. The summed E-state index contributed by atoms with van der Waals surface area (Å²) in [7, 11) is -0.996. The van der Waals surface area contributed by atoms with E-state index in [1.807, 2.05) is 12.1 Å². The van der Waals surface area contributed by atoms with E-state index in [-0.39, 0.29) is 0 Å². The number of nitrogens with two attached hydrogens (primary N) is 1. The molecule has 0 saturated carbocycles. The lowest BCUT2D eigenvalue weighted by Gasteiger charge is -2.15. The van der Waals surface area contributed by atoms with E-state index in [2.05, 4.69) is 29.9 Å². The summed E-state index contributed by atoms with van der Waals surface area (Å²) in [6.45, 7) is 8.33. The molecule has 0 aliphatic heterocycles. The van der Waals surface area contributed by atoms with Crippen LogP contribution < -0.4 is 10.7 Å². The van der Waals surface area contributed by atoms with Gasteiger partial charge < -0.3 is 10.1 Å². The van der Waals surface area contributed by atoms with Crippen molar-refractivity contribution in [3.63, 3.8) is 0 Å². The number of hydrogen-bond acceptors (Lipinski definition) is 3. The molecule has 17 heavy (non-hydrogen) atoms. The molecule has 0 fully saturated rings. The summed E-state index contributed by atoms with van der Waals surface area (Å²) in [6, 6.07) is 4.99. The summed E-state index contributed by atoms with van der Waals surface area (Å²) in [5.74, 6) is 0. The molecule has 0 saturated heterocycles. The molecule has 0 amide bonds. The first-order valence-electron chi connectivity index (χ1n) is 5.84. The van der Waals surface area contributed by atoms with Crippen molar-refractivity contribution in [2.45, 2.75) is 25.7 Å². The van der Waals surface area contributed by atoms with E-state index in [1.165, 1.54) is 12.3 Å². The van der Waals surface area contributed by atoms with Crippen LogP contribution in [0.1, 0.15) is 5.69 Å². The van der Waals surface area contributed by atoms with Crippen molar-refractivity contribution in [2.75, 3.05) is 18.7 Å². The molecule has 0 unspecified atom stereocenters. The minimum absolute atomic E-state index is 0.497. The molecule has 0 atom stereocenters. The first-order chi connectivity index (χ1) is 8.03. The second-order valence-corrected chi connectivity index (χ2v) is 10.8. The second-order valence-electron chi connectivity index (χ2n) is 5.14. The van der Waals surface area contributed by atoms with Gasteiger partial charge >= 0.3 is 0 Å². The fourth-order valence-electron chi connectivity index (χ4n) is 1.28. The van der Waals surface area contributed by atoms with Crippen LogP contribution in [0.15, 0.2) is 18.3 Å². The molecular formula is C12H22N3OSi+. The zero-order valence-electron chi connectivity index (χ0n) is 10.9. The Bertz CT molecular complexity index is 363. The number of ether oxygens (including phenoxy) is 1. The third kappa shape index (κ3) is 5.60. The molecule has 1 aromatic rings. The lowest BCUT2D eigenvalue weighted by atomic mass is 10.3. The summed E-state index contributed by atoms with van der Waals surface area (Å²) < 4.78 is 5.55. The second kappa shape index (κ2) is 6.51. The highest BCUT2D eigenvalue weighted by Gasteiger charge is 2.11. The van der Waals surface area contributed by atoms with Crippen molar-refractivity contribution in [2.24, 2.45) is 0 Å². The zero-order chi connectivity index (χ0) is 12.7. The van der Waals surface area contributed by atoms with Gasteiger partial charge in [-0.3, -0.25) is 5.41 Å². The van der Waals surface area contributed by atoms with E-state index in [0.29, 0.717) is 6.73 Å². The lowest BCUT2D eigenvalue weighted by molar-refractivity contribution is -0.104. The first kappa shape index (κ1) is 13.9. The van der Waals surface area contributed by atoms with Crippen molar-refractivity contribution < 1.29 is 10.1 Å². The highest BCUT2D eigenvalue weighted by atomic mass is 28.3. The zero-order valence-corrected chi connectivity index (χ0v) is 11.9. The van der Waals surface area contributed by atoms with E-state index < -0.39 is 8.07 Å². The molecule has 0 aliphatic rings. The Hall–Kier alpha value is -1.20. The molecule has 1 heterocycles. The van der Waals surface area contributed by atoms with Crippen LogP contribution >= 0.6 is 0 Å². The van der Waals surface area contributed by atoms with Gasteiger partial charge in [-0.1, -0.05) is 19.6 Å². The van der Waals surface area contributed by atoms with Crippen LogP contribution in [0.25, 0.3) is 0 Å². The van der Waals surface area contributed by atoms with Gasteiger partial charge in [-0.05, 0) is 18.2 Å². The average Bonchev–Trinajstić information content (AvgIpc) is 2.27. The van der Waals surface area contributed by atoms with Crippen molar-refractivity contribution in [1.29, 1.82) is 0 Å². The molecule has 0 aromatic carbocycles. The number of nitrogens with zero attached hydrogens (tertiary/aromatic N) is 1. The highest BCUT2D eigenvalue weighted by Crippen LogP contribution is 2.10. The van der Waals surface area contributed by atoms with Gasteiger partial charge in [0.25, 0.3) is 0 Å². The van der Waals surface area contributed by atoms with Crippen LogP contribution in [0, 0.1) is 0 Å². The van der Waals surface area contributed by atoms with Gasteiger partial charge in [0.2, 0.25) is 0 Å². The number of aromatic nitrogens is 1. The maximum Gasteiger partial charge on any atom is 0.188 e. The topological polar surface area (TPSA) is 59.7 Å². The molecular weight excluding hydrogens is 230 g/mol. The number of anilines is 1. The largest absolute Gasteiger partial charge is 0.362 e. The van der Waals surface area contributed by atoms with Crippen molar-refractivity contribution in [3.8, 4) is 0 Å². The smallest absolute Gasteiger partial charge is 0.188 e. The quantitative estimate of drug-likeness (QED) is 0.329. The van der Waals surface area contributed by atoms with Crippen LogP contribution in [0.2, 0.25) is 25.7 Å². The van der Waals surface area contributed by atoms with Crippen LogP contribution in [-0.4, -0.2) is 32.6 Å². The summed E-state index contributed by atoms with van der Waals surface area (Å²) in [5.41, 5.74) is 1.66. The SMILES string of the molecule is C[Si](C)(C)CCOCNc1cccnc1C=[NH2+]. The van der Waals surface area contributed by atoms with Gasteiger partial charge in [0.1, 0.15) is 12.4 Å². The Kier molecular flexibility index (Phi) is 5.31. The van der Waals surface area contributed by atoms with Crippen molar-refractivity contribution >= 4 is 20.0 Å². The Morgan fingerprint density at radius 1 is 1.47 bits per heavy atom. The fourth-order valence-corrected chi connectivity index (χ4v) is 2.04. The van der Waals surface area contributed by atoms with Gasteiger partial charge in [-0.2, -0.15) is 0 Å². The Morgan fingerprint density at radius 2 is 2.24 bits per heavy atom. The van der Waals surface area contributed by atoms with Crippen molar-refractivity contribution in [1.82, 2.24) is 4.98 Å². The summed E-state index contributed by atoms with van der Waals surface area (Å²) in [6.07, 6.45) is 3.21. The number of hydrogen-bond donors (Lipinski definition) is 2. The molecule has 0 aliphatic carbocycles. The van der Waals surface area contributed by atoms with E-state index in [4.69, 9.17) is 10.1 Å². The molecule has 0 spiro atoms. The summed E-state index contributed by atoms with van der Waals surface area (Å²) >= 11 is 0. The lowest BCUT2D eigenvalue weighted by Crippen LogP contribution is -2.31. The van der Waals surface area contributed by atoms with Gasteiger partial charge in [-0.25, -0.2) is 4.98 Å². The van der Waals surface area contributed by atoms with Crippen LogP contribution in [0.4, 0.5) is 5.69 Å². The van der Waals surface area contributed by atoms with Gasteiger partial charge in [0, 0.05) is 20.9 Å². The number of pyridine rings is 1. The fraction of sp³-hybridized carbons (Fsp3) is 0.500. The Labute approximate surface area is 104 Å². The van der Waals surface area contributed by atoms with Gasteiger partial charge in [-0.15, -0.1) is 0 Å². The first-order valence-corrected chi connectivity index (χ1v) is 9.55. The normalized spacial score (nSPS) is 11.2. The third-order valence-electron chi connectivity index (χ3n) is 2.36. The monoisotopic (exact) mass is 252 g/mol. The molecule has 5 heteroatoms. The van der Waals surface area contributed by atoms with Crippen LogP contribution in [0.5, 0.6) is 0 Å². The average molecular weight is 252 g/mol. The molecule has 1 aromatic heterocycles. The minimum Gasteiger partial charge on any atom is -0.362 e. The van der Waals surface area contributed by atoms with E-state index in [9.17, 15) is 0 Å². The minimum atomic E-state index is -0.996. The Morgan fingerprint density at radius 3 is 2.88 bits per heavy atom. The Balaban J connectivity index is 2.29. The standard InChI is InChI=1S/C12H21N3OSi/c1-17(2,3)8-7-16-10-15-11-5-4-6-14-12(11)9-13/h4-6,9,13,15H,7-8,10H2,1-3H3/p+1. The third-order valence-corrected chi connectivity index (χ3v) is 4.06. The maximum atomic E-state index is 5.55. The van der Waals surface area contributed by atoms with Gasteiger partial charge in [0.05, 0.1) is 5.69 Å². The summed E-state index contributed by atoms with van der Waals surface area (Å²) in [5, 5.41) is 8.65. The van der Waals surface area contributed by atoms with E-state index in [1.54, 1.807) is 6.20 Å². The van der Waals surface area contributed by atoms with Gasteiger partial charge in [0.15, 0.2) is 6.21 Å². The van der Waals surface area contributed by atoms with Crippen LogP contribution in [-0.2, 0) is 4.74 Å². The molecule has 3 N–H and O–H groups in total. The molecule has 94 valence electrons. The number of nitrogens with one attached hydrogen (secondary N) is 1. The highest BCUT2D eigenvalue weighted by molar-refractivity contribution is 6.76. The predicted molar refractivity (Wildman–Crippen MR) is 73.9 cm³/mol. The molecule has 0 bridgehead atoms. The van der Waals surface area contributed by atoms with E-state index >= 15 is 0 Å². The number of rotatable bonds is 7. The maximum absolute atomic E-state index is 5.55. The summed E-state index contributed by atoms with van der Waals surface area (Å²) in [4.78, 5) is 4.14. The van der Waals surface area contributed by atoms with E-state index in [0.717, 1.165) is 18.0 Å². The van der Waals surface area contributed by atoms with Crippen LogP contribution in [0.3, 0.4) is 0 Å². The predicted octanol–water partition coefficient (Wildman–Crippen LogP) is 0.984. The van der Waals surface area contributed by atoms with Crippen molar-refractivity contribution in [3.05, 3.63) is 24.0 Å². The molecule has 1 rings (SSSR count). The molecule has 0 radical (unpaired) electrons.